The van der Waals surface area contributed by atoms with E-state index in [-0.39, 0.29) is 0 Å². The molecule has 0 amide bonds. The summed E-state index contributed by atoms with van der Waals surface area (Å²) in [7, 11) is 3.43. The summed E-state index contributed by atoms with van der Waals surface area (Å²) in [5, 5.41) is 10.0. The minimum atomic E-state index is -0.620. The minimum Gasteiger partial charge on any atom is -0.481 e. The second-order valence-corrected chi connectivity index (χ2v) is 3.83. The van der Waals surface area contributed by atoms with Crippen LogP contribution in [0.4, 0.5) is 0 Å². The molecule has 0 saturated carbocycles. The Morgan fingerprint density at radius 2 is 2.24 bits per heavy atom. The number of methoxy groups -OCH3 is 1. The number of ether oxygens (including phenoxy) is 1. The number of nitrogens with zero attached hydrogens (tertiary/aromatic N) is 3. The summed E-state index contributed by atoms with van der Waals surface area (Å²) < 4.78 is 6.78. The summed E-state index contributed by atoms with van der Waals surface area (Å²) in [5.41, 5.74) is 0.946. The van der Waals surface area contributed by atoms with E-state index in [4.69, 9.17) is 4.74 Å². The van der Waals surface area contributed by atoms with Crippen LogP contribution in [-0.4, -0.2) is 26.8 Å². The zero-order valence-electron chi connectivity index (χ0n) is 9.87. The van der Waals surface area contributed by atoms with Gasteiger partial charge in [-0.2, -0.15) is 0 Å². The van der Waals surface area contributed by atoms with Gasteiger partial charge in [-0.05, 0) is 5.56 Å². The van der Waals surface area contributed by atoms with E-state index in [1.54, 1.807) is 25.6 Å². The van der Waals surface area contributed by atoms with Gasteiger partial charge in [0, 0.05) is 38.1 Å². The zero-order valence-corrected chi connectivity index (χ0v) is 9.87. The van der Waals surface area contributed by atoms with Crippen molar-refractivity contribution >= 4 is 0 Å². The van der Waals surface area contributed by atoms with E-state index in [0.29, 0.717) is 18.1 Å². The number of imidazole rings is 1. The Morgan fingerprint density at radius 3 is 2.76 bits per heavy atom. The van der Waals surface area contributed by atoms with Crippen molar-refractivity contribution in [3.8, 4) is 5.88 Å². The summed E-state index contributed by atoms with van der Waals surface area (Å²) in [6.45, 7) is 0. The van der Waals surface area contributed by atoms with Crippen LogP contribution < -0.4 is 4.74 Å². The molecule has 2 heterocycles. The quantitative estimate of drug-likeness (QED) is 0.859. The largest absolute Gasteiger partial charge is 0.481 e. The highest BCUT2D eigenvalue weighted by Crippen LogP contribution is 2.16. The van der Waals surface area contributed by atoms with Gasteiger partial charge in [-0.3, -0.25) is 0 Å². The van der Waals surface area contributed by atoms with E-state index < -0.39 is 6.10 Å². The number of aliphatic hydroxyl groups excluding tert-OH is 1. The van der Waals surface area contributed by atoms with Gasteiger partial charge in [0.2, 0.25) is 5.88 Å². The Bertz CT molecular complexity index is 479. The zero-order chi connectivity index (χ0) is 12.3. The fourth-order valence-electron chi connectivity index (χ4n) is 1.67. The van der Waals surface area contributed by atoms with Gasteiger partial charge in [0.05, 0.1) is 7.11 Å². The summed E-state index contributed by atoms with van der Waals surface area (Å²) in [4.78, 5) is 8.21. The van der Waals surface area contributed by atoms with E-state index in [1.807, 2.05) is 23.9 Å². The Balaban J connectivity index is 2.07. The molecule has 1 unspecified atom stereocenters. The highest BCUT2D eigenvalue weighted by molar-refractivity contribution is 5.19. The molecule has 90 valence electrons. The van der Waals surface area contributed by atoms with Crippen LogP contribution in [0.3, 0.4) is 0 Å². The van der Waals surface area contributed by atoms with E-state index in [9.17, 15) is 5.11 Å². The number of pyridine rings is 1. The smallest absolute Gasteiger partial charge is 0.212 e. The lowest BCUT2D eigenvalue weighted by molar-refractivity contribution is 0.165. The molecule has 0 aromatic carbocycles. The third kappa shape index (κ3) is 2.62. The summed E-state index contributed by atoms with van der Waals surface area (Å²) in [6.07, 6.45) is 5.05. The predicted molar refractivity (Wildman–Crippen MR) is 62.7 cm³/mol. The molecule has 17 heavy (non-hydrogen) atoms. The maximum absolute atomic E-state index is 10.0. The fraction of sp³-hybridized carbons (Fsp3) is 0.333. The minimum absolute atomic E-state index is 0.488. The van der Waals surface area contributed by atoms with E-state index >= 15 is 0 Å². The van der Waals surface area contributed by atoms with Crippen LogP contribution in [-0.2, 0) is 13.5 Å². The molecule has 0 aliphatic rings. The van der Waals surface area contributed by atoms with Crippen LogP contribution >= 0.6 is 0 Å². The van der Waals surface area contributed by atoms with Crippen molar-refractivity contribution in [2.24, 2.45) is 7.05 Å². The van der Waals surface area contributed by atoms with Gasteiger partial charge in [-0.25, -0.2) is 9.97 Å². The molecule has 2 aromatic heterocycles. The Labute approximate surface area is 99.7 Å². The molecule has 0 fully saturated rings. The first-order chi connectivity index (χ1) is 8.20. The number of hydrogen-bond acceptors (Lipinski definition) is 4. The highest BCUT2D eigenvalue weighted by atomic mass is 16.5. The van der Waals surface area contributed by atoms with Crippen molar-refractivity contribution in [3.05, 3.63) is 42.1 Å². The van der Waals surface area contributed by atoms with E-state index in [2.05, 4.69) is 9.97 Å². The lowest BCUT2D eigenvalue weighted by Gasteiger charge is -2.10. The van der Waals surface area contributed by atoms with Crippen molar-refractivity contribution in [3.63, 3.8) is 0 Å². The van der Waals surface area contributed by atoms with Crippen molar-refractivity contribution in [1.82, 2.24) is 14.5 Å². The molecular weight excluding hydrogens is 218 g/mol. The first kappa shape index (κ1) is 11.6. The second kappa shape index (κ2) is 4.97. The number of aryl methyl sites for hydroxylation is 1. The monoisotopic (exact) mass is 233 g/mol. The van der Waals surface area contributed by atoms with Crippen LogP contribution in [0.2, 0.25) is 0 Å². The molecule has 5 nitrogen and oxygen atoms in total. The van der Waals surface area contributed by atoms with Crippen molar-refractivity contribution in [2.75, 3.05) is 7.11 Å². The van der Waals surface area contributed by atoms with Crippen LogP contribution in [0, 0.1) is 0 Å². The van der Waals surface area contributed by atoms with Crippen LogP contribution in [0.1, 0.15) is 17.5 Å². The average molecular weight is 233 g/mol. The fourth-order valence-corrected chi connectivity index (χ4v) is 1.67. The molecule has 0 aliphatic carbocycles. The lowest BCUT2D eigenvalue weighted by atomic mass is 10.1. The first-order valence-corrected chi connectivity index (χ1v) is 5.35. The molecule has 0 bridgehead atoms. The number of aromatic nitrogens is 3. The molecular formula is C12H15N3O2. The number of hydrogen-bond donors (Lipinski definition) is 1. The summed E-state index contributed by atoms with van der Waals surface area (Å²) in [5.74, 6) is 1.22. The van der Waals surface area contributed by atoms with E-state index in [0.717, 1.165) is 5.56 Å². The Hall–Kier alpha value is -1.88. The van der Waals surface area contributed by atoms with Crippen molar-refractivity contribution < 1.29 is 9.84 Å². The third-order valence-electron chi connectivity index (χ3n) is 2.59. The van der Waals surface area contributed by atoms with Gasteiger partial charge < -0.3 is 14.4 Å². The van der Waals surface area contributed by atoms with Crippen molar-refractivity contribution in [2.45, 2.75) is 12.5 Å². The van der Waals surface area contributed by atoms with Crippen LogP contribution in [0.25, 0.3) is 0 Å². The maximum Gasteiger partial charge on any atom is 0.212 e. The molecule has 2 rings (SSSR count). The molecule has 0 radical (unpaired) electrons. The van der Waals surface area contributed by atoms with Gasteiger partial charge in [0.15, 0.2) is 0 Å². The molecule has 2 aromatic rings. The number of aliphatic hydroxyl groups is 1. The van der Waals surface area contributed by atoms with Gasteiger partial charge >= 0.3 is 0 Å². The molecule has 0 aliphatic heterocycles. The van der Waals surface area contributed by atoms with Crippen LogP contribution in [0.5, 0.6) is 5.88 Å². The highest BCUT2D eigenvalue weighted by Gasteiger charge is 2.13. The SMILES string of the molecule is COc1ccc(CC(O)c2nccn2C)cn1. The average Bonchev–Trinajstić information content (AvgIpc) is 2.76. The van der Waals surface area contributed by atoms with Crippen LogP contribution in [0.15, 0.2) is 30.7 Å². The van der Waals surface area contributed by atoms with Gasteiger partial charge in [-0.15, -0.1) is 0 Å². The van der Waals surface area contributed by atoms with Gasteiger partial charge in [0.1, 0.15) is 11.9 Å². The van der Waals surface area contributed by atoms with E-state index in [1.165, 1.54) is 0 Å². The topological polar surface area (TPSA) is 60.2 Å². The van der Waals surface area contributed by atoms with Crippen molar-refractivity contribution in [1.29, 1.82) is 0 Å². The molecule has 1 N–H and O–H groups in total. The summed E-state index contributed by atoms with van der Waals surface area (Å²) in [6, 6.07) is 3.67. The summed E-state index contributed by atoms with van der Waals surface area (Å²) >= 11 is 0. The molecule has 1 atom stereocenters. The predicted octanol–water partition coefficient (Wildman–Crippen LogP) is 1.10. The molecule has 0 spiro atoms. The molecule has 5 heteroatoms. The third-order valence-corrected chi connectivity index (χ3v) is 2.59. The Morgan fingerprint density at radius 1 is 1.41 bits per heavy atom. The van der Waals surface area contributed by atoms with Gasteiger partial charge in [0.25, 0.3) is 0 Å². The normalized spacial score (nSPS) is 12.4. The Kier molecular flexibility index (Phi) is 3.39. The maximum atomic E-state index is 10.0. The first-order valence-electron chi connectivity index (χ1n) is 5.35. The second-order valence-electron chi connectivity index (χ2n) is 3.83. The standard InChI is InChI=1S/C12H15N3O2/c1-15-6-5-13-12(15)10(16)7-9-3-4-11(17-2)14-8-9/h3-6,8,10,16H,7H2,1-2H3. The number of rotatable bonds is 4. The molecule has 0 saturated heterocycles. The lowest BCUT2D eigenvalue weighted by Crippen LogP contribution is -2.08. The van der Waals surface area contributed by atoms with Gasteiger partial charge in [-0.1, -0.05) is 6.07 Å².